The first kappa shape index (κ1) is 8.08. The third-order valence-corrected chi connectivity index (χ3v) is 2.28. The minimum atomic E-state index is -0.557. The highest BCUT2D eigenvalue weighted by molar-refractivity contribution is 9.10. The summed E-state index contributed by atoms with van der Waals surface area (Å²) in [6.07, 6.45) is 0. The molecule has 2 rings (SSSR count). The summed E-state index contributed by atoms with van der Waals surface area (Å²) >= 11 is 3.22. The molecule has 0 atom stereocenters. The summed E-state index contributed by atoms with van der Waals surface area (Å²) in [5, 5.41) is 9.51. The molecule has 0 N–H and O–H groups in total. The second-order valence-corrected chi connectivity index (χ2v) is 3.26. The molecule has 0 radical (unpaired) electrons. The van der Waals surface area contributed by atoms with Crippen LogP contribution in [0.15, 0.2) is 26.6 Å². The Labute approximate surface area is 81.4 Å². The first-order chi connectivity index (χ1) is 6.22. The van der Waals surface area contributed by atoms with Crippen molar-refractivity contribution in [2.45, 2.75) is 0 Å². The number of nitrogens with zero attached hydrogens (tertiary/aromatic N) is 3. The zero-order chi connectivity index (χ0) is 9.42. The summed E-state index contributed by atoms with van der Waals surface area (Å²) in [4.78, 5) is 18.1. The van der Waals surface area contributed by atoms with E-state index < -0.39 is 6.03 Å². The number of hydrogen-bond donors (Lipinski definition) is 0. The molecule has 0 saturated carbocycles. The second-order valence-electron chi connectivity index (χ2n) is 2.41. The number of urea groups is 1. The molecule has 0 aromatic heterocycles. The van der Waals surface area contributed by atoms with E-state index in [0.717, 1.165) is 0 Å². The standard InChI is InChI=1S/C8H2BrN3O/c9-5-2-1-4(3-10)6-7(5)12-8(13)11-6/h1-2H. The minimum absolute atomic E-state index is 0.363. The van der Waals surface area contributed by atoms with Crippen LogP contribution in [0.1, 0.15) is 5.56 Å². The molecule has 0 fully saturated rings. The zero-order valence-electron chi connectivity index (χ0n) is 6.28. The van der Waals surface area contributed by atoms with E-state index in [0.29, 0.717) is 20.8 Å². The van der Waals surface area contributed by atoms with E-state index in [1.54, 1.807) is 12.1 Å². The molecule has 1 aromatic rings. The molecular formula is C8H2BrN3O. The van der Waals surface area contributed by atoms with Gasteiger partial charge in [-0.15, -0.1) is 0 Å². The average Bonchev–Trinajstić information content (AvgIpc) is 2.48. The van der Waals surface area contributed by atoms with Crippen LogP contribution in [0.25, 0.3) is 0 Å². The van der Waals surface area contributed by atoms with Gasteiger partial charge in [-0.25, -0.2) is 4.79 Å². The van der Waals surface area contributed by atoms with E-state index >= 15 is 0 Å². The Balaban J connectivity index is 3.00. The lowest BCUT2D eigenvalue weighted by atomic mass is 10.2. The van der Waals surface area contributed by atoms with E-state index in [4.69, 9.17) is 5.26 Å². The Morgan fingerprint density at radius 1 is 1.31 bits per heavy atom. The second kappa shape index (κ2) is 2.75. The fraction of sp³-hybridized carbons (Fsp3) is 0. The molecule has 1 aromatic carbocycles. The lowest BCUT2D eigenvalue weighted by Crippen LogP contribution is -2.26. The fourth-order valence-electron chi connectivity index (χ4n) is 1.08. The normalized spacial score (nSPS) is 12.8. The van der Waals surface area contributed by atoms with Gasteiger partial charge in [0, 0.05) is 4.47 Å². The maximum atomic E-state index is 10.9. The highest BCUT2D eigenvalue weighted by atomic mass is 79.9. The van der Waals surface area contributed by atoms with Gasteiger partial charge in [-0.1, -0.05) is 0 Å². The molecule has 62 valence electrons. The molecule has 1 aliphatic heterocycles. The van der Waals surface area contributed by atoms with Crippen molar-refractivity contribution >= 4 is 22.0 Å². The third-order valence-electron chi connectivity index (χ3n) is 1.64. The van der Waals surface area contributed by atoms with Crippen molar-refractivity contribution in [2.24, 2.45) is 9.98 Å². The van der Waals surface area contributed by atoms with Crippen LogP contribution in [0.5, 0.6) is 0 Å². The molecule has 0 bridgehead atoms. The molecule has 0 saturated heterocycles. The van der Waals surface area contributed by atoms with Gasteiger partial charge in [0.1, 0.15) is 16.8 Å². The molecule has 1 aliphatic rings. The van der Waals surface area contributed by atoms with Gasteiger partial charge in [-0.05, 0) is 28.1 Å². The van der Waals surface area contributed by atoms with Gasteiger partial charge < -0.3 is 0 Å². The maximum Gasteiger partial charge on any atom is 0.368 e. The van der Waals surface area contributed by atoms with E-state index in [-0.39, 0.29) is 0 Å². The van der Waals surface area contributed by atoms with Crippen molar-refractivity contribution in [1.29, 1.82) is 5.26 Å². The van der Waals surface area contributed by atoms with Gasteiger partial charge in [-0.2, -0.15) is 15.2 Å². The van der Waals surface area contributed by atoms with Crippen LogP contribution in [0.4, 0.5) is 4.79 Å². The van der Waals surface area contributed by atoms with Gasteiger partial charge in [0.05, 0.1) is 5.56 Å². The lowest BCUT2D eigenvalue weighted by Gasteiger charge is -1.89. The number of halogens is 1. The Bertz CT molecular complexity index is 556. The summed E-state index contributed by atoms with van der Waals surface area (Å²) < 4.78 is 0.677. The highest BCUT2D eigenvalue weighted by Gasteiger charge is 2.10. The molecule has 0 spiro atoms. The number of benzene rings is 1. The molecule has 4 nitrogen and oxygen atoms in total. The van der Waals surface area contributed by atoms with E-state index in [2.05, 4.69) is 25.9 Å². The minimum Gasteiger partial charge on any atom is -0.244 e. The van der Waals surface area contributed by atoms with Crippen molar-refractivity contribution in [2.75, 3.05) is 0 Å². The van der Waals surface area contributed by atoms with E-state index in [1.807, 2.05) is 6.07 Å². The topological polar surface area (TPSA) is 65.6 Å². The first-order valence-electron chi connectivity index (χ1n) is 3.42. The molecular weight excluding hydrogens is 234 g/mol. The third kappa shape index (κ3) is 1.15. The van der Waals surface area contributed by atoms with Crippen molar-refractivity contribution in [3.05, 3.63) is 32.9 Å². The van der Waals surface area contributed by atoms with Crippen molar-refractivity contribution in [3.63, 3.8) is 0 Å². The largest absolute Gasteiger partial charge is 0.368 e. The number of rotatable bonds is 0. The molecule has 13 heavy (non-hydrogen) atoms. The van der Waals surface area contributed by atoms with E-state index in [1.165, 1.54) is 0 Å². The smallest absolute Gasteiger partial charge is 0.244 e. The quantitative estimate of drug-likeness (QED) is 0.665. The van der Waals surface area contributed by atoms with Crippen molar-refractivity contribution < 1.29 is 4.79 Å². The Morgan fingerprint density at radius 3 is 2.69 bits per heavy atom. The van der Waals surface area contributed by atoms with Gasteiger partial charge >= 0.3 is 6.03 Å². The van der Waals surface area contributed by atoms with Gasteiger partial charge in [0.2, 0.25) is 0 Å². The number of amides is 2. The molecule has 2 amide bonds. The van der Waals surface area contributed by atoms with Crippen LogP contribution >= 0.6 is 15.9 Å². The van der Waals surface area contributed by atoms with Crippen LogP contribution in [0.3, 0.4) is 0 Å². The van der Waals surface area contributed by atoms with Gasteiger partial charge in [0.15, 0.2) is 0 Å². The van der Waals surface area contributed by atoms with E-state index in [9.17, 15) is 4.79 Å². The summed E-state index contributed by atoms with van der Waals surface area (Å²) in [6.45, 7) is 0. The predicted molar refractivity (Wildman–Crippen MR) is 46.6 cm³/mol. The number of nitriles is 1. The zero-order valence-corrected chi connectivity index (χ0v) is 7.87. The molecule has 5 heteroatoms. The SMILES string of the molecule is N#Cc1ccc(Br)c2c1=NC(=O)N=2. The number of carbonyl (C=O) groups is 1. The Morgan fingerprint density at radius 2 is 2.00 bits per heavy atom. The van der Waals surface area contributed by atoms with Gasteiger partial charge in [0.25, 0.3) is 0 Å². The van der Waals surface area contributed by atoms with Crippen LogP contribution < -0.4 is 10.7 Å². The predicted octanol–water partition coefficient (Wildman–Crippen LogP) is 0.694. The van der Waals surface area contributed by atoms with Crippen LogP contribution in [0, 0.1) is 11.3 Å². The number of carbonyl (C=O) groups excluding carboxylic acids is 1. The monoisotopic (exact) mass is 235 g/mol. The number of fused-ring (bicyclic) bond motifs is 1. The van der Waals surface area contributed by atoms with Crippen LogP contribution in [-0.2, 0) is 0 Å². The molecule has 0 aliphatic carbocycles. The molecule has 1 heterocycles. The maximum absolute atomic E-state index is 10.9. The fourth-order valence-corrected chi connectivity index (χ4v) is 1.49. The lowest BCUT2D eigenvalue weighted by molar-refractivity contribution is 0.256. The van der Waals surface area contributed by atoms with Crippen molar-refractivity contribution in [3.8, 4) is 6.07 Å². The van der Waals surface area contributed by atoms with Crippen LogP contribution in [-0.4, -0.2) is 6.03 Å². The summed E-state index contributed by atoms with van der Waals surface area (Å²) in [7, 11) is 0. The number of hydrogen-bond acceptors (Lipinski definition) is 2. The Kier molecular flexibility index (Phi) is 1.71. The van der Waals surface area contributed by atoms with Crippen molar-refractivity contribution in [1.82, 2.24) is 0 Å². The summed E-state index contributed by atoms with van der Waals surface area (Å²) in [5.41, 5.74) is 0.368. The Hall–Kier alpha value is -1.54. The van der Waals surface area contributed by atoms with Gasteiger partial charge in [-0.3, -0.25) is 0 Å². The van der Waals surface area contributed by atoms with Crippen LogP contribution in [0.2, 0.25) is 0 Å². The average molecular weight is 236 g/mol. The molecule has 0 unspecified atom stereocenters. The first-order valence-corrected chi connectivity index (χ1v) is 4.21. The highest BCUT2D eigenvalue weighted by Crippen LogP contribution is 2.03. The summed E-state index contributed by atoms with van der Waals surface area (Å²) in [6, 6.07) is 4.66. The summed E-state index contributed by atoms with van der Waals surface area (Å²) in [5.74, 6) is 0.